The number of hydrogen-bond donors (Lipinski definition) is 1. The van der Waals surface area contributed by atoms with E-state index in [1.165, 1.54) is 50.6 Å². The van der Waals surface area contributed by atoms with Crippen molar-refractivity contribution in [3.8, 4) is 0 Å². The molecule has 2 aromatic carbocycles. The molecule has 0 aromatic heterocycles. The number of anilines is 1. The second-order valence-corrected chi connectivity index (χ2v) is 6.61. The van der Waals surface area contributed by atoms with Gasteiger partial charge in [0.1, 0.15) is 5.82 Å². The van der Waals surface area contributed by atoms with E-state index in [9.17, 15) is 18.8 Å². The zero-order valence-corrected chi connectivity index (χ0v) is 15.9. The van der Waals surface area contributed by atoms with Crippen molar-refractivity contribution >= 4 is 46.9 Å². The number of carbonyl (C=O) groups excluding carboxylic acids is 3. The van der Waals surface area contributed by atoms with E-state index in [2.05, 4.69) is 14.8 Å². The van der Waals surface area contributed by atoms with Gasteiger partial charge in [-0.15, -0.1) is 11.8 Å². The minimum absolute atomic E-state index is 0.0228. The number of hydrogen-bond acceptors (Lipinski definition) is 6. The summed E-state index contributed by atoms with van der Waals surface area (Å²) in [7, 11) is 2.43. The van der Waals surface area contributed by atoms with Gasteiger partial charge in [-0.05, 0) is 36.4 Å². The molecule has 0 spiro atoms. The van der Waals surface area contributed by atoms with Crippen LogP contribution in [0.1, 0.15) is 20.7 Å². The van der Waals surface area contributed by atoms with Crippen molar-refractivity contribution in [2.24, 2.45) is 0 Å². The van der Waals surface area contributed by atoms with Gasteiger partial charge < -0.3 is 14.8 Å². The predicted octanol–water partition coefficient (Wildman–Crippen LogP) is 3.78. The number of rotatable bonds is 6. The first-order valence-corrected chi connectivity index (χ1v) is 8.90. The number of amides is 1. The van der Waals surface area contributed by atoms with Gasteiger partial charge in [0.2, 0.25) is 5.91 Å². The molecule has 0 saturated carbocycles. The average molecular weight is 412 g/mol. The molecule has 2 aromatic rings. The first-order chi connectivity index (χ1) is 12.8. The highest BCUT2D eigenvalue weighted by atomic mass is 35.5. The fourth-order valence-electron chi connectivity index (χ4n) is 2.08. The Morgan fingerprint density at radius 2 is 1.78 bits per heavy atom. The van der Waals surface area contributed by atoms with Crippen LogP contribution in [0.2, 0.25) is 5.02 Å². The highest BCUT2D eigenvalue weighted by Crippen LogP contribution is 2.25. The number of thioether (sulfide) groups is 1. The van der Waals surface area contributed by atoms with Crippen LogP contribution in [-0.2, 0) is 14.3 Å². The number of carbonyl (C=O) groups is 3. The normalized spacial score (nSPS) is 10.2. The molecule has 2 rings (SSSR count). The Hall–Kier alpha value is -2.58. The smallest absolute Gasteiger partial charge is 0.339 e. The van der Waals surface area contributed by atoms with E-state index in [-0.39, 0.29) is 27.6 Å². The predicted molar refractivity (Wildman–Crippen MR) is 99.9 cm³/mol. The summed E-state index contributed by atoms with van der Waals surface area (Å²) in [6.07, 6.45) is 0. The first-order valence-electron chi connectivity index (χ1n) is 7.54. The number of halogens is 2. The number of nitrogens with one attached hydrogen (secondary N) is 1. The van der Waals surface area contributed by atoms with Gasteiger partial charge in [0.15, 0.2) is 0 Å². The fourth-order valence-corrected chi connectivity index (χ4v) is 3.06. The van der Waals surface area contributed by atoms with Gasteiger partial charge in [-0.2, -0.15) is 0 Å². The van der Waals surface area contributed by atoms with Gasteiger partial charge in [0.05, 0.1) is 41.8 Å². The Morgan fingerprint density at radius 3 is 2.41 bits per heavy atom. The summed E-state index contributed by atoms with van der Waals surface area (Å²) in [6.45, 7) is 0. The van der Waals surface area contributed by atoms with Gasteiger partial charge in [-0.1, -0.05) is 11.6 Å². The van der Waals surface area contributed by atoms with Crippen molar-refractivity contribution in [3.05, 3.63) is 58.4 Å². The maximum Gasteiger partial charge on any atom is 0.339 e. The van der Waals surface area contributed by atoms with Gasteiger partial charge in [0, 0.05) is 4.90 Å². The third-order valence-electron chi connectivity index (χ3n) is 3.38. The van der Waals surface area contributed by atoms with E-state index in [1.807, 2.05) is 0 Å². The third kappa shape index (κ3) is 5.45. The molecule has 0 bridgehead atoms. The molecule has 0 atom stereocenters. The summed E-state index contributed by atoms with van der Waals surface area (Å²) < 4.78 is 22.5. The molecule has 27 heavy (non-hydrogen) atoms. The lowest BCUT2D eigenvalue weighted by Gasteiger charge is -2.11. The Kier molecular flexibility index (Phi) is 7.20. The molecule has 0 aliphatic heterocycles. The Morgan fingerprint density at radius 1 is 1.07 bits per heavy atom. The van der Waals surface area contributed by atoms with Crippen molar-refractivity contribution in [3.63, 3.8) is 0 Å². The molecular weight excluding hydrogens is 397 g/mol. The molecule has 1 N–H and O–H groups in total. The molecule has 0 aliphatic carbocycles. The maximum absolute atomic E-state index is 13.2. The molecule has 0 saturated heterocycles. The van der Waals surface area contributed by atoms with Crippen molar-refractivity contribution in [1.82, 2.24) is 0 Å². The summed E-state index contributed by atoms with van der Waals surface area (Å²) in [5.41, 5.74) is 0.374. The molecular formula is C18H15ClFNO5S. The van der Waals surface area contributed by atoms with Crippen LogP contribution in [0.25, 0.3) is 0 Å². The van der Waals surface area contributed by atoms with Crippen molar-refractivity contribution in [1.29, 1.82) is 0 Å². The second-order valence-electron chi connectivity index (χ2n) is 5.16. The highest BCUT2D eigenvalue weighted by molar-refractivity contribution is 8.00. The van der Waals surface area contributed by atoms with Crippen molar-refractivity contribution < 1.29 is 28.2 Å². The van der Waals surface area contributed by atoms with Gasteiger partial charge in [-0.25, -0.2) is 14.0 Å². The van der Waals surface area contributed by atoms with Crippen LogP contribution in [-0.4, -0.2) is 37.8 Å². The van der Waals surface area contributed by atoms with E-state index in [4.69, 9.17) is 11.6 Å². The Bertz CT molecular complexity index is 890. The second kappa shape index (κ2) is 9.38. The van der Waals surface area contributed by atoms with Crippen LogP contribution in [0.4, 0.5) is 10.1 Å². The fraction of sp³-hybridized carbons (Fsp3) is 0.167. The number of esters is 2. The molecule has 6 nitrogen and oxygen atoms in total. The summed E-state index contributed by atoms with van der Waals surface area (Å²) in [4.78, 5) is 36.4. The van der Waals surface area contributed by atoms with Crippen LogP contribution in [0.15, 0.2) is 41.3 Å². The van der Waals surface area contributed by atoms with Gasteiger partial charge >= 0.3 is 11.9 Å². The summed E-state index contributed by atoms with van der Waals surface area (Å²) in [5.74, 6) is -2.29. The van der Waals surface area contributed by atoms with Crippen molar-refractivity contribution in [2.75, 3.05) is 25.3 Å². The molecule has 142 valence electrons. The molecule has 9 heteroatoms. The molecule has 1 amide bonds. The minimum atomic E-state index is -0.667. The average Bonchev–Trinajstić information content (AvgIpc) is 2.67. The topological polar surface area (TPSA) is 81.7 Å². The molecule has 0 fully saturated rings. The lowest BCUT2D eigenvalue weighted by molar-refractivity contribution is -0.113. The maximum atomic E-state index is 13.2. The number of ether oxygens (including phenoxy) is 2. The van der Waals surface area contributed by atoms with Gasteiger partial charge in [0.25, 0.3) is 0 Å². The molecule has 0 radical (unpaired) electrons. The van der Waals surface area contributed by atoms with Crippen LogP contribution < -0.4 is 5.32 Å². The first kappa shape index (κ1) is 20.7. The zero-order valence-electron chi connectivity index (χ0n) is 14.4. The monoisotopic (exact) mass is 411 g/mol. The van der Waals surface area contributed by atoms with E-state index >= 15 is 0 Å². The van der Waals surface area contributed by atoms with E-state index in [0.29, 0.717) is 4.90 Å². The molecule has 0 heterocycles. The number of methoxy groups -OCH3 is 2. The lowest BCUT2D eigenvalue weighted by atomic mass is 10.1. The van der Waals surface area contributed by atoms with Crippen LogP contribution >= 0.6 is 23.4 Å². The van der Waals surface area contributed by atoms with E-state index < -0.39 is 23.7 Å². The van der Waals surface area contributed by atoms with Gasteiger partial charge in [-0.3, -0.25) is 4.79 Å². The summed E-state index contributed by atoms with van der Waals surface area (Å²) in [6, 6.07) is 8.19. The largest absolute Gasteiger partial charge is 0.465 e. The molecule has 0 unspecified atom stereocenters. The Labute approximate surface area is 164 Å². The zero-order chi connectivity index (χ0) is 20.0. The number of benzene rings is 2. The van der Waals surface area contributed by atoms with Crippen LogP contribution in [0.3, 0.4) is 0 Å². The quantitative estimate of drug-likeness (QED) is 0.575. The lowest BCUT2D eigenvalue weighted by Crippen LogP contribution is -2.18. The summed E-state index contributed by atoms with van der Waals surface area (Å²) in [5, 5.41) is 2.52. The highest BCUT2D eigenvalue weighted by Gasteiger charge is 2.17. The summed E-state index contributed by atoms with van der Waals surface area (Å²) >= 11 is 6.84. The molecule has 0 aliphatic rings. The van der Waals surface area contributed by atoms with Crippen LogP contribution in [0.5, 0.6) is 0 Å². The Balaban J connectivity index is 2.15. The third-order valence-corrected chi connectivity index (χ3v) is 4.66. The standard InChI is InChI=1S/C18H15ClFNO5S/c1-25-17(23)10-3-5-12(18(24)26-2)15(7-10)21-16(22)9-27-11-4-6-14(20)13(19)8-11/h3-8H,9H2,1-2H3,(H,21,22). The minimum Gasteiger partial charge on any atom is -0.465 e. The SMILES string of the molecule is COC(=O)c1ccc(C(=O)OC)c(NC(=O)CSc2ccc(F)c(Cl)c2)c1. The van der Waals surface area contributed by atoms with Crippen LogP contribution in [0, 0.1) is 5.82 Å². The van der Waals surface area contributed by atoms with E-state index in [1.54, 1.807) is 0 Å². The van der Waals surface area contributed by atoms with E-state index in [0.717, 1.165) is 11.8 Å². The van der Waals surface area contributed by atoms with Crippen molar-refractivity contribution in [2.45, 2.75) is 4.90 Å².